The lowest BCUT2D eigenvalue weighted by Crippen LogP contribution is -2.44. The zero-order chi connectivity index (χ0) is 22.6. The quantitative estimate of drug-likeness (QED) is 0.636. The van der Waals surface area contributed by atoms with E-state index in [2.05, 4.69) is 29.6 Å². The van der Waals surface area contributed by atoms with Gasteiger partial charge in [0.1, 0.15) is 5.82 Å². The van der Waals surface area contributed by atoms with Crippen LogP contribution in [0, 0.1) is 11.2 Å². The number of carbonyl (C=O) groups excluding carboxylic acids is 2. The zero-order valence-corrected chi connectivity index (χ0v) is 18.2. The number of nitrogens with one attached hydrogen (secondary N) is 1. The van der Waals surface area contributed by atoms with E-state index in [0.717, 1.165) is 22.3 Å². The van der Waals surface area contributed by atoms with E-state index in [9.17, 15) is 14.0 Å². The van der Waals surface area contributed by atoms with Crippen molar-refractivity contribution in [2.24, 2.45) is 5.41 Å². The molecule has 0 aromatic heterocycles. The minimum atomic E-state index is -0.682. The normalized spacial score (nSPS) is 17.9. The van der Waals surface area contributed by atoms with Crippen LogP contribution < -0.4 is 5.32 Å². The summed E-state index contributed by atoms with van der Waals surface area (Å²) < 4.78 is 13.2. The van der Waals surface area contributed by atoms with Gasteiger partial charge in [-0.05, 0) is 47.2 Å². The minimum absolute atomic E-state index is 0.0428. The molecule has 0 saturated carbocycles. The van der Waals surface area contributed by atoms with Gasteiger partial charge < -0.3 is 10.2 Å². The minimum Gasteiger partial charge on any atom is -0.359 e. The number of hydrogen-bond donors (Lipinski definition) is 1. The van der Waals surface area contributed by atoms with Crippen molar-refractivity contribution in [2.75, 3.05) is 20.1 Å². The fraction of sp³-hybridized carbons (Fsp3) is 0.259. The summed E-state index contributed by atoms with van der Waals surface area (Å²) in [4.78, 5) is 27.8. The third kappa shape index (κ3) is 4.57. The molecule has 1 atom stereocenters. The Morgan fingerprint density at radius 3 is 2.38 bits per heavy atom. The van der Waals surface area contributed by atoms with E-state index in [0.29, 0.717) is 25.9 Å². The van der Waals surface area contributed by atoms with Gasteiger partial charge in [-0.3, -0.25) is 9.59 Å². The number of rotatable bonds is 6. The molecule has 32 heavy (non-hydrogen) atoms. The van der Waals surface area contributed by atoms with E-state index >= 15 is 0 Å². The molecule has 1 heterocycles. The first kappa shape index (κ1) is 21.8. The molecule has 1 aliphatic rings. The second-order valence-electron chi connectivity index (χ2n) is 8.43. The average Bonchev–Trinajstić information content (AvgIpc) is 3.26. The summed E-state index contributed by atoms with van der Waals surface area (Å²) in [5.74, 6) is -0.408. The Bertz CT molecular complexity index is 1100. The Balaban J connectivity index is 1.57. The van der Waals surface area contributed by atoms with Gasteiger partial charge in [0.15, 0.2) is 0 Å². The van der Waals surface area contributed by atoms with Crippen molar-refractivity contribution in [2.45, 2.75) is 19.3 Å². The van der Waals surface area contributed by atoms with Crippen molar-refractivity contribution >= 4 is 11.8 Å². The summed E-state index contributed by atoms with van der Waals surface area (Å²) in [5, 5.41) is 2.82. The van der Waals surface area contributed by atoms with E-state index < -0.39 is 5.41 Å². The van der Waals surface area contributed by atoms with Gasteiger partial charge in [-0.1, -0.05) is 66.7 Å². The van der Waals surface area contributed by atoms with E-state index in [1.165, 1.54) is 12.1 Å². The standard InChI is InChI=1S/C27H27FN2O2/c1-29-26(32)27(18-22-9-5-6-10-24(22)21-7-3-2-4-8-21)15-16-30(19-27)25(31)17-20-11-13-23(28)14-12-20/h2-14H,15-19H2,1H3,(H,29,32)/t27-/m1/s1. The van der Waals surface area contributed by atoms with Crippen LogP contribution in [0.2, 0.25) is 0 Å². The maximum Gasteiger partial charge on any atom is 0.228 e. The molecule has 1 saturated heterocycles. The first-order valence-electron chi connectivity index (χ1n) is 10.9. The highest BCUT2D eigenvalue weighted by Gasteiger charge is 2.45. The monoisotopic (exact) mass is 430 g/mol. The van der Waals surface area contributed by atoms with Gasteiger partial charge in [-0.25, -0.2) is 4.39 Å². The van der Waals surface area contributed by atoms with Gasteiger partial charge in [0.2, 0.25) is 11.8 Å². The van der Waals surface area contributed by atoms with Crippen LogP contribution in [0.15, 0.2) is 78.9 Å². The molecule has 1 fully saturated rings. The smallest absolute Gasteiger partial charge is 0.228 e. The maximum absolute atomic E-state index is 13.2. The van der Waals surface area contributed by atoms with Crippen LogP contribution in [-0.4, -0.2) is 36.9 Å². The predicted molar refractivity (Wildman–Crippen MR) is 123 cm³/mol. The van der Waals surface area contributed by atoms with Crippen molar-refractivity contribution < 1.29 is 14.0 Å². The van der Waals surface area contributed by atoms with Crippen molar-refractivity contribution in [3.05, 3.63) is 95.8 Å². The predicted octanol–water partition coefficient (Wildman–Crippen LogP) is 4.24. The summed E-state index contributed by atoms with van der Waals surface area (Å²) in [6, 6.07) is 24.3. The number of likely N-dealkylation sites (tertiary alicyclic amines) is 1. The molecule has 0 bridgehead atoms. The summed E-state index contributed by atoms with van der Waals surface area (Å²) in [5.41, 5.74) is 3.39. The van der Waals surface area contributed by atoms with Gasteiger partial charge in [0, 0.05) is 20.1 Å². The number of nitrogens with zero attached hydrogens (tertiary/aromatic N) is 1. The number of hydrogen-bond acceptors (Lipinski definition) is 2. The number of benzene rings is 3. The molecule has 1 aliphatic heterocycles. The van der Waals surface area contributed by atoms with Gasteiger partial charge in [0.05, 0.1) is 11.8 Å². The number of amides is 2. The maximum atomic E-state index is 13.2. The third-order valence-electron chi connectivity index (χ3n) is 6.31. The molecule has 3 aromatic rings. The van der Waals surface area contributed by atoms with Crippen LogP contribution in [0.4, 0.5) is 4.39 Å². The van der Waals surface area contributed by atoms with Crippen molar-refractivity contribution in [1.82, 2.24) is 10.2 Å². The van der Waals surface area contributed by atoms with Gasteiger partial charge >= 0.3 is 0 Å². The van der Waals surface area contributed by atoms with Gasteiger partial charge in [-0.2, -0.15) is 0 Å². The molecule has 0 unspecified atom stereocenters. The van der Waals surface area contributed by atoms with Crippen LogP contribution >= 0.6 is 0 Å². The first-order valence-corrected chi connectivity index (χ1v) is 10.9. The fourth-order valence-electron chi connectivity index (χ4n) is 4.59. The Morgan fingerprint density at radius 1 is 0.969 bits per heavy atom. The lowest BCUT2D eigenvalue weighted by atomic mass is 9.78. The lowest BCUT2D eigenvalue weighted by Gasteiger charge is -2.28. The van der Waals surface area contributed by atoms with Crippen LogP contribution in [0.3, 0.4) is 0 Å². The molecule has 0 radical (unpaired) electrons. The molecule has 3 aromatic carbocycles. The van der Waals surface area contributed by atoms with E-state index in [4.69, 9.17) is 0 Å². The Morgan fingerprint density at radius 2 is 1.66 bits per heavy atom. The Hall–Kier alpha value is -3.47. The van der Waals surface area contributed by atoms with Crippen molar-refractivity contribution in [3.63, 3.8) is 0 Å². The third-order valence-corrected chi connectivity index (χ3v) is 6.31. The van der Waals surface area contributed by atoms with E-state index in [1.54, 1.807) is 24.1 Å². The highest BCUT2D eigenvalue weighted by Crippen LogP contribution is 2.37. The highest BCUT2D eigenvalue weighted by atomic mass is 19.1. The molecule has 4 nitrogen and oxygen atoms in total. The average molecular weight is 431 g/mol. The Kier molecular flexibility index (Phi) is 6.35. The van der Waals surface area contributed by atoms with Crippen LogP contribution in [0.1, 0.15) is 17.5 Å². The van der Waals surface area contributed by atoms with Gasteiger partial charge in [0.25, 0.3) is 0 Å². The van der Waals surface area contributed by atoms with E-state index in [1.807, 2.05) is 30.3 Å². The molecular weight excluding hydrogens is 403 g/mol. The summed E-state index contributed by atoms with van der Waals surface area (Å²) in [6.07, 6.45) is 1.35. The zero-order valence-electron chi connectivity index (χ0n) is 18.2. The highest BCUT2D eigenvalue weighted by molar-refractivity contribution is 5.86. The molecule has 4 rings (SSSR count). The van der Waals surface area contributed by atoms with Crippen LogP contribution in [0.25, 0.3) is 11.1 Å². The first-order chi connectivity index (χ1) is 15.5. The number of halogens is 1. The molecule has 164 valence electrons. The van der Waals surface area contributed by atoms with Crippen molar-refractivity contribution in [3.8, 4) is 11.1 Å². The van der Waals surface area contributed by atoms with Gasteiger partial charge in [-0.15, -0.1) is 0 Å². The van der Waals surface area contributed by atoms with Crippen LogP contribution in [-0.2, 0) is 22.4 Å². The molecule has 1 N–H and O–H groups in total. The largest absolute Gasteiger partial charge is 0.359 e. The summed E-state index contributed by atoms with van der Waals surface area (Å²) >= 11 is 0. The second kappa shape index (κ2) is 9.35. The Labute approximate surface area is 188 Å². The molecule has 2 amide bonds. The SMILES string of the molecule is CNC(=O)[C@@]1(Cc2ccccc2-c2ccccc2)CCN(C(=O)Cc2ccc(F)cc2)C1. The molecule has 5 heteroatoms. The second-order valence-corrected chi connectivity index (χ2v) is 8.43. The topological polar surface area (TPSA) is 49.4 Å². The molecular formula is C27H27FN2O2. The van der Waals surface area contributed by atoms with Crippen molar-refractivity contribution in [1.29, 1.82) is 0 Å². The fourth-order valence-corrected chi connectivity index (χ4v) is 4.59. The molecule has 0 spiro atoms. The van der Waals surface area contributed by atoms with E-state index in [-0.39, 0.29) is 24.1 Å². The number of carbonyl (C=O) groups is 2. The van der Waals surface area contributed by atoms with Crippen LogP contribution in [0.5, 0.6) is 0 Å². The summed E-state index contributed by atoms with van der Waals surface area (Å²) in [7, 11) is 1.65. The summed E-state index contributed by atoms with van der Waals surface area (Å²) in [6.45, 7) is 0.900. The lowest BCUT2D eigenvalue weighted by molar-refractivity contribution is -0.132. The molecule has 0 aliphatic carbocycles.